The van der Waals surface area contributed by atoms with Gasteiger partial charge >= 0.3 is 0 Å². The van der Waals surface area contributed by atoms with Gasteiger partial charge < -0.3 is 18.7 Å². The monoisotopic (exact) mass is 418 g/mol. The molecule has 0 bridgehead atoms. The van der Waals surface area contributed by atoms with E-state index in [-0.39, 0.29) is 29.9 Å². The smallest absolute Gasteiger partial charge is 0.274 e. The van der Waals surface area contributed by atoms with Crippen molar-refractivity contribution in [2.24, 2.45) is 0 Å². The van der Waals surface area contributed by atoms with Crippen LogP contribution < -0.4 is 9.64 Å². The van der Waals surface area contributed by atoms with Crippen LogP contribution in [0, 0.1) is 5.82 Å². The van der Waals surface area contributed by atoms with E-state index < -0.39 is 5.82 Å². The molecule has 3 heterocycles. The molecule has 0 saturated carbocycles. The zero-order valence-electron chi connectivity index (χ0n) is 16.8. The van der Waals surface area contributed by atoms with Crippen molar-refractivity contribution in [3.8, 4) is 28.7 Å². The van der Waals surface area contributed by atoms with E-state index in [0.717, 1.165) is 12.1 Å². The second-order valence-corrected chi connectivity index (χ2v) is 7.22. The Morgan fingerprint density at radius 2 is 2.06 bits per heavy atom. The standard InChI is InChI=1S/C23H19FN4O3/c1-30-20-9-8-16(13-17(20)24)22-25-23(31-26-22)19-7-4-11-27(19)14-21(29)28-12-10-15-5-2-3-6-18(15)28/h2-9,11,13H,10,12,14H2,1H3. The van der Waals surface area contributed by atoms with Crippen molar-refractivity contribution in [3.05, 3.63) is 72.2 Å². The number of para-hydroxylation sites is 1. The number of hydrogen-bond donors (Lipinski definition) is 0. The summed E-state index contributed by atoms with van der Waals surface area (Å²) in [6.07, 6.45) is 2.65. The molecule has 0 aliphatic carbocycles. The van der Waals surface area contributed by atoms with Crippen LogP contribution in [0.15, 0.2) is 65.3 Å². The van der Waals surface area contributed by atoms with Gasteiger partial charge in [-0.15, -0.1) is 0 Å². The van der Waals surface area contributed by atoms with Gasteiger partial charge in [0.05, 0.1) is 7.11 Å². The molecule has 5 rings (SSSR count). The van der Waals surface area contributed by atoms with E-state index in [0.29, 0.717) is 17.8 Å². The molecule has 0 fully saturated rings. The molecule has 8 heteroatoms. The number of hydrogen-bond acceptors (Lipinski definition) is 5. The molecule has 0 radical (unpaired) electrons. The second-order valence-electron chi connectivity index (χ2n) is 7.22. The predicted octanol–water partition coefficient (Wildman–Crippen LogP) is 3.94. The number of amides is 1. The van der Waals surface area contributed by atoms with Gasteiger partial charge in [-0.25, -0.2) is 4.39 Å². The molecule has 2 aromatic heterocycles. The van der Waals surface area contributed by atoms with Crippen LogP contribution in [0.5, 0.6) is 5.75 Å². The summed E-state index contributed by atoms with van der Waals surface area (Å²) in [5.41, 5.74) is 3.23. The van der Waals surface area contributed by atoms with E-state index in [4.69, 9.17) is 9.26 Å². The minimum absolute atomic E-state index is 0.0145. The first-order valence-corrected chi connectivity index (χ1v) is 9.85. The van der Waals surface area contributed by atoms with Crippen LogP contribution >= 0.6 is 0 Å². The van der Waals surface area contributed by atoms with Crippen molar-refractivity contribution in [1.29, 1.82) is 0 Å². The van der Waals surface area contributed by atoms with Crippen molar-refractivity contribution >= 4 is 11.6 Å². The van der Waals surface area contributed by atoms with Crippen LogP contribution in [0.3, 0.4) is 0 Å². The van der Waals surface area contributed by atoms with Gasteiger partial charge in [-0.2, -0.15) is 4.98 Å². The summed E-state index contributed by atoms with van der Waals surface area (Å²) in [7, 11) is 1.40. The van der Waals surface area contributed by atoms with E-state index in [2.05, 4.69) is 10.1 Å². The highest BCUT2D eigenvalue weighted by Gasteiger charge is 2.25. The molecule has 2 aromatic carbocycles. The molecule has 156 valence electrons. The minimum Gasteiger partial charge on any atom is -0.494 e. The SMILES string of the molecule is COc1ccc(-c2noc(-c3cccn3CC(=O)N3CCc4ccccc43)n2)cc1F. The molecular formula is C23H19FN4O3. The Bertz CT molecular complexity index is 1260. The summed E-state index contributed by atoms with van der Waals surface area (Å²) in [5, 5.41) is 3.96. The number of carbonyl (C=O) groups excluding carboxylic acids is 1. The summed E-state index contributed by atoms with van der Waals surface area (Å²) in [4.78, 5) is 19.2. The lowest BCUT2D eigenvalue weighted by atomic mass is 10.2. The lowest BCUT2D eigenvalue weighted by Gasteiger charge is -2.18. The third-order valence-electron chi connectivity index (χ3n) is 5.38. The van der Waals surface area contributed by atoms with Crippen molar-refractivity contribution in [1.82, 2.24) is 14.7 Å². The van der Waals surface area contributed by atoms with Gasteiger partial charge in [0.1, 0.15) is 12.2 Å². The molecule has 4 aromatic rings. The summed E-state index contributed by atoms with van der Waals surface area (Å²) < 4.78 is 26.1. The van der Waals surface area contributed by atoms with Gasteiger partial charge in [0.15, 0.2) is 11.6 Å². The number of rotatable bonds is 5. The lowest BCUT2D eigenvalue weighted by molar-refractivity contribution is -0.119. The van der Waals surface area contributed by atoms with E-state index in [9.17, 15) is 9.18 Å². The number of halogens is 1. The van der Waals surface area contributed by atoms with Crippen LogP contribution in [0.25, 0.3) is 23.0 Å². The van der Waals surface area contributed by atoms with Gasteiger partial charge in [0, 0.05) is 24.0 Å². The highest BCUT2D eigenvalue weighted by atomic mass is 19.1. The lowest BCUT2D eigenvalue weighted by Crippen LogP contribution is -2.32. The Hall–Kier alpha value is -3.94. The van der Waals surface area contributed by atoms with Gasteiger partial charge in [0.25, 0.3) is 5.89 Å². The van der Waals surface area contributed by atoms with Crippen molar-refractivity contribution < 1.29 is 18.4 Å². The summed E-state index contributed by atoms with van der Waals surface area (Å²) in [5.74, 6) is 0.129. The van der Waals surface area contributed by atoms with Crippen LogP contribution in [-0.2, 0) is 17.8 Å². The first kappa shape index (κ1) is 19.0. The molecule has 0 atom stereocenters. The predicted molar refractivity (Wildman–Crippen MR) is 112 cm³/mol. The molecule has 0 saturated heterocycles. The highest BCUT2D eigenvalue weighted by Crippen LogP contribution is 2.29. The quantitative estimate of drug-likeness (QED) is 0.491. The zero-order chi connectivity index (χ0) is 21.4. The number of fused-ring (bicyclic) bond motifs is 1. The summed E-state index contributed by atoms with van der Waals surface area (Å²) in [6.45, 7) is 0.814. The molecule has 31 heavy (non-hydrogen) atoms. The van der Waals surface area contributed by atoms with Gasteiger partial charge in [-0.1, -0.05) is 23.4 Å². The molecule has 1 amide bonds. The van der Waals surface area contributed by atoms with E-state index in [1.54, 1.807) is 27.8 Å². The van der Waals surface area contributed by atoms with Crippen molar-refractivity contribution in [3.63, 3.8) is 0 Å². The number of methoxy groups -OCH3 is 1. The molecule has 0 unspecified atom stereocenters. The fourth-order valence-electron chi connectivity index (χ4n) is 3.82. The molecular weight excluding hydrogens is 399 g/mol. The van der Waals surface area contributed by atoms with Gasteiger partial charge in [0.2, 0.25) is 11.7 Å². The number of aromatic nitrogens is 3. The number of carbonyl (C=O) groups is 1. The average molecular weight is 418 g/mol. The summed E-state index contributed by atoms with van der Waals surface area (Å²) in [6, 6.07) is 16.0. The normalized spacial score (nSPS) is 12.8. The summed E-state index contributed by atoms with van der Waals surface area (Å²) >= 11 is 0. The molecule has 1 aliphatic rings. The maximum absolute atomic E-state index is 14.0. The Morgan fingerprint density at radius 3 is 2.90 bits per heavy atom. The van der Waals surface area contributed by atoms with Crippen molar-refractivity contribution in [2.75, 3.05) is 18.6 Å². The third-order valence-corrected chi connectivity index (χ3v) is 5.38. The van der Waals surface area contributed by atoms with Crippen LogP contribution in [0.1, 0.15) is 5.56 Å². The van der Waals surface area contributed by atoms with E-state index >= 15 is 0 Å². The second kappa shape index (κ2) is 7.71. The topological polar surface area (TPSA) is 73.4 Å². The Kier molecular flexibility index (Phi) is 4.74. The first-order valence-electron chi connectivity index (χ1n) is 9.85. The highest BCUT2D eigenvalue weighted by molar-refractivity contribution is 5.95. The van der Waals surface area contributed by atoms with Gasteiger partial charge in [-0.05, 0) is 48.4 Å². The van der Waals surface area contributed by atoms with Gasteiger partial charge in [-0.3, -0.25) is 4.79 Å². The van der Waals surface area contributed by atoms with E-state index in [1.807, 2.05) is 30.3 Å². The van der Waals surface area contributed by atoms with Crippen molar-refractivity contribution in [2.45, 2.75) is 13.0 Å². The molecule has 1 aliphatic heterocycles. The maximum atomic E-state index is 14.0. The van der Waals surface area contributed by atoms with Crippen LogP contribution in [0.4, 0.5) is 10.1 Å². The first-order chi connectivity index (χ1) is 15.1. The Morgan fingerprint density at radius 1 is 1.19 bits per heavy atom. The Labute approximate surface area is 177 Å². The maximum Gasteiger partial charge on any atom is 0.274 e. The third kappa shape index (κ3) is 3.46. The molecule has 7 nitrogen and oxygen atoms in total. The minimum atomic E-state index is -0.508. The fraction of sp³-hybridized carbons (Fsp3) is 0.174. The molecule has 0 N–H and O–H groups in total. The molecule has 0 spiro atoms. The average Bonchev–Trinajstić information content (AvgIpc) is 3.52. The largest absolute Gasteiger partial charge is 0.494 e. The van der Waals surface area contributed by atoms with Crippen LogP contribution in [0.2, 0.25) is 0 Å². The zero-order valence-corrected chi connectivity index (χ0v) is 16.8. The Balaban J connectivity index is 1.38. The van der Waals surface area contributed by atoms with E-state index in [1.165, 1.54) is 24.8 Å². The number of ether oxygens (including phenoxy) is 1. The van der Waals surface area contributed by atoms with Crippen LogP contribution in [-0.4, -0.2) is 34.3 Å². The number of benzene rings is 2. The fourth-order valence-corrected chi connectivity index (χ4v) is 3.82. The number of nitrogens with zero attached hydrogens (tertiary/aromatic N) is 4. The number of anilines is 1.